The molecule has 3 N–H and O–H groups in total. The van der Waals surface area contributed by atoms with Crippen molar-refractivity contribution in [3.63, 3.8) is 0 Å². The Morgan fingerprint density at radius 3 is 2.62 bits per heavy atom. The van der Waals surface area contributed by atoms with Crippen LogP contribution in [0.1, 0.15) is 28.8 Å². The van der Waals surface area contributed by atoms with E-state index in [1.807, 2.05) is 6.92 Å². The smallest absolute Gasteiger partial charge is 0.341 e. The van der Waals surface area contributed by atoms with Crippen molar-refractivity contribution in [3.8, 4) is 0 Å². The molecule has 0 aromatic carbocycles. The zero-order valence-electron chi connectivity index (χ0n) is 9.52. The van der Waals surface area contributed by atoms with Crippen LogP contribution in [0.5, 0.6) is 0 Å². The Morgan fingerprint density at radius 2 is 2.19 bits per heavy atom. The fourth-order valence-electron chi connectivity index (χ4n) is 1.35. The number of hydrogen-bond donors (Lipinski definition) is 2. The molecule has 88 valence electrons. The number of aromatic carboxylic acids is 1. The maximum atomic E-state index is 10.8. The highest BCUT2D eigenvalue weighted by Crippen LogP contribution is 2.13. The van der Waals surface area contributed by atoms with E-state index in [2.05, 4.69) is 9.97 Å². The molecule has 6 heteroatoms. The Kier molecular flexibility index (Phi) is 3.78. The Bertz CT molecular complexity index is 383. The lowest BCUT2D eigenvalue weighted by atomic mass is 10.2. The number of carbonyl (C=O) groups is 1. The molecule has 0 spiro atoms. The summed E-state index contributed by atoms with van der Waals surface area (Å²) >= 11 is 0. The predicted molar refractivity (Wildman–Crippen MR) is 58.3 cm³/mol. The van der Waals surface area contributed by atoms with E-state index >= 15 is 0 Å². The summed E-state index contributed by atoms with van der Waals surface area (Å²) in [6, 6.07) is 0. The van der Waals surface area contributed by atoms with E-state index in [1.165, 1.54) is 0 Å². The summed E-state index contributed by atoms with van der Waals surface area (Å²) in [4.78, 5) is 18.9. The normalized spacial score (nSPS) is 12.4. The number of anilines is 1. The van der Waals surface area contributed by atoms with Gasteiger partial charge in [0, 0.05) is 13.5 Å². The molecule has 0 radical (unpaired) electrons. The first-order valence-corrected chi connectivity index (χ1v) is 4.84. The molecule has 0 bridgehead atoms. The van der Waals surface area contributed by atoms with Crippen LogP contribution < -0.4 is 5.73 Å². The molecule has 0 aliphatic heterocycles. The Hall–Kier alpha value is -1.69. The number of aryl methyl sites for hydroxylation is 1. The van der Waals surface area contributed by atoms with Gasteiger partial charge in [-0.2, -0.15) is 0 Å². The fourth-order valence-corrected chi connectivity index (χ4v) is 1.35. The molecule has 0 amide bonds. The Labute approximate surface area is 93.5 Å². The van der Waals surface area contributed by atoms with Crippen LogP contribution in [0.4, 0.5) is 5.82 Å². The van der Waals surface area contributed by atoms with Gasteiger partial charge in [0.15, 0.2) is 0 Å². The van der Waals surface area contributed by atoms with Crippen LogP contribution in [0, 0.1) is 6.92 Å². The average molecular weight is 225 g/mol. The maximum absolute atomic E-state index is 10.8. The van der Waals surface area contributed by atoms with Crippen molar-refractivity contribution < 1.29 is 14.6 Å². The summed E-state index contributed by atoms with van der Waals surface area (Å²) < 4.78 is 5.07. The number of methoxy groups -OCH3 is 1. The molecular weight excluding hydrogens is 210 g/mol. The predicted octanol–water partition coefficient (Wildman–Crippen LogP) is 0.643. The largest absolute Gasteiger partial charge is 0.477 e. The number of nitrogens with zero attached hydrogens (tertiary/aromatic N) is 2. The van der Waals surface area contributed by atoms with E-state index in [1.54, 1.807) is 14.0 Å². The van der Waals surface area contributed by atoms with Gasteiger partial charge in [-0.3, -0.25) is 0 Å². The fraction of sp³-hybridized carbons (Fsp3) is 0.500. The third kappa shape index (κ3) is 2.66. The highest BCUT2D eigenvalue weighted by atomic mass is 16.5. The lowest BCUT2D eigenvalue weighted by Gasteiger charge is -2.10. The first kappa shape index (κ1) is 12.4. The van der Waals surface area contributed by atoms with Gasteiger partial charge in [-0.15, -0.1) is 0 Å². The van der Waals surface area contributed by atoms with Crippen molar-refractivity contribution in [1.82, 2.24) is 9.97 Å². The van der Waals surface area contributed by atoms with Crippen LogP contribution in [-0.4, -0.2) is 34.3 Å². The third-order valence-electron chi connectivity index (χ3n) is 2.25. The van der Waals surface area contributed by atoms with Crippen LogP contribution in [0.3, 0.4) is 0 Å². The van der Waals surface area contributed by atoms with Crippen LogP contribution in [0.15, 0.2) is 0 Å². The summed E-state index contributed by atoms with van der Waals surface area (Å²) in [5, 5.41) is 8.88. The van der Waals surface area contributed by atoms with Gasteiger partial charge in [0.2, 0.25) is 0 Å². The minimum Gasteiger partial charge on any atom is -0.477 e. The number of nitrogen functional groups attached to an aromatic ring is 1. The zero-order valence-corrected chi connectivity index (χ0v) is 9.52. The van der Waals surface area contributed by atoms with Gasteiger partial charge in [-0.1, -0.05) is 0 Å². The minimum atomic E-state index is -1.11. The highest BCUT2D eigenvalue weighted by Gasteiger charge is 2.16. The molecule has 6 nitrogen and oxygen atoms in total. The van der Waals surface area contributed by atoms with E-state index in [0.29, 0.717) is 17.9 Å². The number of aromatic nitrogens is 2. The number of carboxylic acids is 1. The lowest BCUT2D eigenvalue weighted by molar-refractivity contribution is 0.0696. The number of rotatable bonds is 4. The van der Waals surface area contributed by atoms with Crippen LogP contribution in [0.25, 0.3) is 0 Å². The molecule has 1 heterocycles. The van der Waals surface area contributed by atoms with Gasteiger partial charge in [0.05, 0.1) is 11.8 Å². The summed E-state index contributed by atoms with van der Waals surface area (Å²) in [5.41, 5.74) is 5.91. The highest BCUT2D eigenvalue weighted by molar-refractivity contribution is 5.93. The molecule has 0 fully saturated rings. The Morgan fingerprint density at radius 1 is 1.56 bits per heavy atom. The first-order chi connectivity index (χ1) is 7.45. The second kappa shape index (κ2) is 4.89. The van der Waals surface area contributed by atoms with Gasteiger partial charge >= 0.3 is 5.97 Å². The molecule has 1 rings (SSSR count). The van der Waals surface area contributed by atoms with Crippen LogP contribution in [0.2, 0.25) is 0 Å². The summed E-state index contributed by atoms with van der Waals surface area (Å²) in [6.07, 6.45) is 0.469. The standard InChI is InChI=1S/C10H15N3O3/c1-5(16-3)4-7-12-6(2)8(10(14)15)9(11)13-7/h5H,4H2,1-3H3,(H,14,15)(H2,11,12,13). The van der Waals surface area contributed by atoms with Crippen molar-refractivity contribution in [2.45, 2.75) is 26.4 Å². The monoisotopic (exact) mass is 225 g/mol. The lowest BCUT2D eigenvalue weighted by Crippen LogP contribution is -2.16. The van der Waals surface area contributed by atoms with Gasteiger partial charge in [-0.05, 0) is 13.8 Å². The van der Waals surface area contributed by atoms with E-state index in [4.69, 9.17) is 15.6 Å². The van der Waals surface area contributed by atoms with Crippen molar-refractivity contribution >= 4 is 11.8 Å². The maximum Gasteiger partial charge on any atom is 0.341 e. The summed E-state index contributed by atoms with van der Waals surface area (Å²) in [5.74, 6) is -0.617. The molecule has 0 aliphatic rings. The molecule has 0 saturated carbocycles. The first-order valence-electron chi connectivity index (χ1n) is 4.84. The summed E-state index contributed by atoms with van der Waals surface area (Å²) in [6.45, 7) is 3.47. The molecule has 1 unspecified atom stereocenters. The average Bonchev–Trinajstić information content (AvgIpc) is 2.15. The number of nitrogens with two attached hydrogens (primary N) is 1. The SMILES string of the molecule is COC(C)Cc1nc(C)c(C(=O)O)c(N)n1. The van der Waals surface area contributed by atoms with Gasteiger partial charge < -0.3 is 15.6 Å². The van der Waals surface area contributed by atoms with Crippen LogP contribution >= 0.6 is 0 Å². The van der Waals surface area contributed by atoms with E-state index in [-0.39, 0.29) is 17.5 Å². The summed E-state index contributed by atoms with van der Waals surface area (Å²) in [7, 11) is 1.59. The molecule has 0 saturated heterocycles. The molecule has 1 atom stereocenters. The zero-order chi connectivity index (χ0) is 12.3. The van der Waals surface area contributed by atoms with Gasteiger partial charge in [0.25, 0.3) is 0 Å². The van der Waals surface area contributed by atoms with Crippen molar-refractivity contribution in [2.75, 3.05) is 12.8 Å². The van der Waals surface area contributed by atoms with Crippen LogP contribution in [-0.2, 0) is 11.2 Å². The third-order valence-corrected chi connectivity index (χ3v) is 2.25. The Balaban J connectivity index is 3.05. The molecule has 1 aromatic rings. The molecular formula is C10H15N3O3. The molecule has 1 aromatic heterocycles. The topological polar surface area (TPSA) is 98.3 Å². The number of hydrogen-bond acceptors (Lipinski definition) is 5. The number of ether oxygens (including phenoxy) is 1. The number of carboxylic acid groups (broad SMARTS) is 1. The van der Waals surface area contributed by atoms with Gasteiger partial charge in [0.1, 0.15) is 17.2 Å². The van der Waals surface area contributed by atoms with E-state index in [9.17, 15) is 4.79 Å². The van der Waals surface area contributed by atoms with E-state index < -0.39 is 5.97 Å². The molecule has 0 aliphatic carbocycles. The minimum absolute atomic E-state index is 0.00157. The quantitative estimate of drug-likeness (QED) is 0.780. The van der Waals surface area contributed by atoms with Crippen molar-refractivity contribution in [1.29, 1.82) is 0 Å². The second-order valence-electron chi connectivity index (χ2n) is 3.54. The van der Waals surface area contributed by atoms with Crippen molar-refractivity contribution in [2.24, 2.45) is 0 Å². The molecule has 16 heavy (non-hydrogen) atoms. The van der Waals surface area contributed by atoms with E-state index in [0.717, 1.165) is 0 Å². The van der Waals surface area contributed by atoms with Crippen molar-refractivity contribution in [3.05, 3.63) is 17.1 Å². The second-order valence-corrected chi connectivity index (χ2v) is 3.54. The van der Waals surface area contributed by atoms with Gasteiger partial charge in [-0.25, -0.2) is 14.8 Å².